The summed E-state index contributed by atoms with van der Waals surface area (Å²) in [6, 6.07) is 0. The van der Waals surface area contributed by atoms with Gasteiger partial charge in [0, 0.05) is 12.8 Å². The minimum absolute atomic E-state index is 0.521. The SMILES string of the molecule is CCCCCCC=CCCCCCCCCCCC(CCC)(P(=O)=O)[N+](C)(C)C. The number of nitrogens with zero attached hydrogens (tertiary/aromatic N) is 1. The molecule has 1 atom stereocenters. The first-order valence-corrected chi connectivity index (χ1v) is 13.6. The number of rotatable bonds is 20. The summed E-state index contributed by atoms with van der Waals surface area (Å²) in [5.74, 6) is 0. The van der Waals surface area contributed by atoms with Crippen molar-refractivity contribution in [2.45, 2.75) is 128 Å². The Bertz CT molecular complexity index is 472. The average Bonchev–Trinajstić information content (AvgIpc) is 2.65. The number of hydrogen-bond acceptors (Lipinski definition) is 2. The van der Waals surface area contributed by atoms with Gasteiger partial charge in [-0.05, 0) is 38.5 Å². The topological polar surface area (TPSA) is 34.1 Å². The summed E-state index contributed by atoms with van der Waals surface area (Å²) in [5.41, 5.74) is 0. The molecule has 0 radical (unpaired) electrons. The van der Waals surface area contributed by atoms with Gasteiger partial charge in [0.1, 0.15) is 0 Å². The van der Waals surface area contributed by atoms with Gasteiger partial charge in [-0.3, -0.25) is 0 Å². The van der Waals surface area contributed by atoms with Gasteiger partial charge < -0.3 is 4.48 Å². The lowest BCUT2D eigenvalue weighted by Crippen LogP contribution is -2.53. The van der Waals surface area contributed by atoms with Crippen LogP contribution in [0.5, 0.6) is 0 Å². The van der Waals surface area contributed by atoms with Crippen LogP contribution in [0.4, 0.5) is 0 Å². The molecule has 172 valence electrons. The molecule has 0 aromatic rings. The normalized spacial score (nSPS) is 14.4. The van der Waals surface area contributed by atoms with Gasteiger partial charge in [-0.25, -0.2) is 9.13 Å². The van der Waals surface area contributed by atoms with Crippen LogP contribution >= 0.6 is 7.68 Å². The van der Waals surface area contributed by atoms with E-state index in [1.165, 1.54) is 77.0 Å². The quantitative estimate of drug-likeness (QED) is 0.0840. The summed E-state index contributed by atoms with van der Waals surface area (Å²) >= 11 is 0. The van der Waals surface area contributed by atoms with Gasteiger partial charge in [0.15, 0.2) is 0 Å². The van der Waals surface area contributed by atoms with Crippen LogP contribution < -0.4 is 0 Å². The minimum atomic E-state index is -2.42. The summed E-state index contributed by atoms with van der Waals surface area (Å²) in [4.78, 5) is 0. The van der Waals surface area contributed by atoms with E-state index in [1.54, 1.807) is 0 Å². The summed E-state index contributed by atoms with van der Waals surface area (Å²) in [5, 5.41) is -0.590. The highest BCUT2D eigenvalue weighted by atomic mass is 31.1. The molecule has 0 N–H and O–H groups in total. The lowest BCUT2D eigenvalue weighted by Gasteiger charge is -2.41. The molecule has 0 amide bonds. The molecule has 0 aromatic heterocycles. The molecule has 0 aliphatic heterocycles. The summed E-state index contributed by atoms with van der Waals surface area (Å²) < 4.78 is 24.7. The first-order chi connectivity index (χ1) is 13.8. The molecule has 0 aliphatic rings. The third kappa shape index (κ3) is 12.8. The first-order valence-electron chi connectivity index (χ1n) is 12.4. The zero-order chi connectivity index (χ0) is 22.0. The third-order valence-corrected chi connectivity index (χ3v) is 8.05. The minimum Gasteiger partial charge on any atom is -0.314 e. The fourth-order valence-electron chi connectivity index (χ4n) is 4.28. The van der Waals surface area contributed by atoms with Gasteiger partial charge in [-0.1, -0.05) is 83.8 Å². The maximum Gasteiger partial charge on any atom is 0.378 e. The van der Waals surface area contributed by atoms with Crippen LogP contribution in [0.15, 0.2) is 12.2 Å². The molecule has 0 bridgehead atoms. The van der Waals surface area contributed by atoms with Crippen LogP contribution in [0.25, 0.3) is 0 Å². The maximum absolute atomic E-state index is 12.1. The Morgan fingerprint density at radius 1 is 0.621 bits per heavy atom. The second-order valence-corrected chi connectivity index (χ2v) is 11.0. The molecular weight excluding hydrogens is 377 g/mol. The number of hydrogen-bond donors (Lipinski definition) is 0. The largest absolute Gasteiger partial charge is 0.378 e. The monoisotopic (exact) mass is 428 g/mol. The van der Waals surface area contributed by atoms with E-state index in [0.29, 0.717) is 4.48 Å². The van der Waals surface area contributed by atoms with Gasteiger partial charge in [0.2, 0.25) is 5.28 Å². The molecule has 3 nitrogen and oxygen atoms in total. The van der Waals surface area contributed by atoms with Gasteiger partial charge in [-0.15, -0.1) is 0 Å². The van der Waals surface area contributed by atoms with Crippen LogP contribution in [0.3, 0.4) is 0 Å². The molecule has 0 rings (SSSR count). The van der Waals surface area contributed by atoms with Crippen molar-refractivity contribution in [3.05, 3.63) is 12.2 Å². The van der Waals surface area contributed by atoms with Crippen molar-refractivity contribution in [1.29, 1.82) is 0 Å². The van der Waals surface area contributed by atoms with Gasteiger partial charge in [-0.2, -0.15) is 0 Å². The summed E-state index contributed by atoms with van der Waals surface area (Å²) in [7, 11) is 3.67. The number of allylic oxidation sites excluding steroid dienone is 2. The van der Waals surface area contributed by atoms with E-state index in [4.69, 9.17) is 0 Å². The van der Waals surface area contributed by atoms with Gasteiger partial charge >= 0.3 is 7.68 Å². The van der Waals surface area contributed by atoms with Crippen molar-refractivity contribution >= 4 is 7.68 Å². The van der Waals surface area contributed by atoms with Crippen LogP contribution in [0.2, 0.25) is 0 Å². The van der Waals surface area contributed by atoms with E-state index in [0.717, 1.165) is 32.1 Å². The molecule has 0 aromatic carbocycles. The second-order valence-electron chi connectivity index (χ2n) is 9.69. The molecule has 0 fully saturated rings. The molecule has 0 heterocycles. The highest BCUT2D eigenvalue weighted by Crippen LogP contribution is 2.44. The van der Waals surface area contributed by atoms with Crippen molar-refractivity contribution in [2.75, 3.05) is 21.1 Å². The third-order valence-electron chi connectivity index (χ3n) is 6.33. The number of unbranched alkanes of at least 4 members (excludes halogenated alkanes) is 12. The van der Waals surface area contributed by atoms with E-state index < -0.39 is 13.0 Å². The Balaban J connectivity index is 3.75. The van der Waals surface area contributed by atoms with Gasteiger partial charge in [0.25, 0.3) is 0 Å². The molecular formula is C25H51NO2P+. The van der Waals surface area contributed by atoms with Crippen LogP contribution in [-0.4, -0.2) is 30.9 Å². The van der Waals surface area contributed by atoms with Crippen LogP contribution in [-0.2, 0) is 9.13 Å². The van der Waals surface area contributed by atoms with Crippen molar-refractivity contribution in [2.24, 2.45) is 0 Å². The molecule has 1 unspecified atom stereocenters. The zero-order valence-electron chi connectivity index (χ0n) is 20.4. The van der Waals surface area contributed by atoms with Crippen LogP contribution in [0.1, 0.15) is 123 Å². The molecule has 0 spiro atoms. The van der Waals surface area contributed by atoms with E-state index in [1.807, 2.05) is 21.1 Å². The second kappa shape index (κ2) is 17.3. The summed E-state index contributed by atoms with van der Waals surface area (Å²) in [6.45, 7) is 4.35. The standard InChI is InChI=1S/C25H51NO2P/c1-6-8-9-10-11-12-13-14-15-16-17-18-19-20-21-22-24-25(23-7-2,29(27)28)26(3,4)5/h12-13H,6-11,14-24H2,1-5H3/q+1. The molecule has 0 aliphatic carbocycles. The lowest BCUT2D eigenvalue weighted by atomic mass is 9.99. The molecule has 29 heavy (non-hydrogen) atoms. The van der Waals surface area contributed by atoms with E-state index in [-0.39, 0.29) is 0 Å². The van der Waals surface area contributed by atoms with Crippen molar-refractivity contribution in [1.82, 2.24) is 0 Å². The highest BCUT2D eigenvalue weighted by molar-refractivity contribution is 7.32. The fourth-order valence-corrected chi connectivity index (χ4v) is 5.52. The predicted octanol–water partition coefficient (Wildman–Crippen LogP) is 8.79. The lowest BCUT2D eigenvalue weighted by molar-refractivity contribution is -0.908. The first kappa shape index (κ1) is 28.6. The number of quaternary nitrogens is 1. The molecule has 0 saturated carbocycles. The van der Waals surface area contributed by atoms with Crippen molar-refractivity contribution in [3.63, 3.8) is 0 Å². The van der Waals surface area contributed by atoms with Crippen LogP contribution in [0, 0.1) is 0 Å². The highest BCUT2D eigenvalue weighted by Gasteiger charge is 2.47. The Hall–Kier alpha value is -0.400. The molecule has 4 heteroatoms. The van der Waals surface area contributed by atoms with E-state index >= 15 is 0 Å². The Morgan fingerprint density at radius 2 is 1.07 bits per heavy atom. The summed E-state index contributed by atoms with van der Waals surface area (Å²) in [6.07, 6.45) is 25.2. The van der Waals surface area contributed by atoms with Crippen molar-refractivity contribution < 1.29 is 13.6 Å². The Morgan fingerprint density at radius 3 is 1.48 bits per heavy atom. The van der Waals surface area contributed by atoms with E-state index in [9.17, 15) is 9.13 Å². The molecule has 0 saturated heterocycles. The average molecular weight is 429 g/mol. The van der Waals surface area contributed by atoms with Crippen molar-refractivity contribution in [3.8, 4) is 0 Å². The Labute approximate surface area is 183 Å². The van der Waals surface area contributed by atoms with Gasteiger partial charge in [0.05, 0.1) is 21.1 Å². The Kier molecular flexibility index (Phi) is 17.1. The fraction of sp³-hybridized carbons (Fsp3) is 0.920. The smallest absolute Gasteiger partial charge is 0.314 e. The predicted molar refractivity (Wildman–Crippen MR) is 128 cm³/mol. The zero-order valence-corrected chi connectivity index (χ0v) is 21.3. The maximum atomic E-state index is 12.1. The van der Waals surface area contributed by atoms with E-state index in [2.05, 4.69) is 26.0 Å².